The van der Waals surface area contributed by atoms with Crippen molar-refractivity contribution in [2.75, 3.05) is 0 Å². The van der Waals surface area contributed by atoms with E-state index in [1.165, 1.54) is 17.7 Å². The van der Waals surface area contributed by atoms with Gasteiger partial charge in [0.05, 0.1) is 11.2 Å². The van der Waals surface area contributed by atoms with Crippen LogP contribution < -0.4 is 0 Å². The number of nitrogens with zero attached hydrogens (tertiary/aromatic N) is 1. The Morgan fingerprint density at radius 1 is 0.900 bits per heavy atom. The summed E-state index contributed by atoms with van der Waals surface area (Å²) in [6, 6.07) is 16.7. The van der Waals surface area contributed by atoms with E-state index >= 15 is 0 Å². The number of hydrogen-bond acceptors (Lipinski definition) is 1. The monoisotopic (exact) mass is 263 g/mol. The summed E-state index contributed by atoms with van der Waals surface area (Å²) in [6.45, 7) is 2.07. The quantitative estimate of drug-likeness (QED) is 0.644. The molecule has 0 saturated carbocycles. The Balaban J connectivity index is 1.90. The molecule has 3 aromatic rings. The van der Waals surface area contributed by atoms with Crippen LogP contribution in [0.3, 0.4) is 0 Å². The molecule has 0 N–H and O–H groups in total. The number of fused-ring (bicyclic) bond motifs is 1. The molecule has 2 heteroatoms. The molecule has 0 atom stereocenters. The van der Waals surface area contributed by atoms with E-state index in [0.717, 1.165) is 22.2 Å². The van der Waals surface area contributed by atoms with Gasteiger partial charge in [0.25, 0.3) is 0 Å². The van der Waals surface area contributed by atoms with E-state index in [0.29, 0.717) is 0 Å². The summed E-state index contributed by atoms with van der Waals surface area (Å²) in [6.07, 6.45) is 3.87. The zero-order chi connectivity index (χ0) is 13.9. The molecule has 20 heavy (non-hydrogen) atoms. The third kappa shape index (κ3) is 2.75. The second kappa shape index (κ2) is 5.25. The Kier molecular flexibility index (Phi) is 3.30. The molecule has 1 heterocycles. The fourth-order valence-electron chi connectivity index (χ4n) is 2.11. The van der Waals surface area contributed by atoms with Crippen molar-refractivity contribution in [1.29, 1.82) is 0 Å². The lowest BCUT2D eigenvalue weighted by Gasteiger charge is -2.00. The van der Waals surface area contributed by atoms with Crippen molar-refractivity contribution in [2.24, 2.45) is 0 Å². The Hall–Kier alpha value is -2.48. The fraction of sp³-hybridized carbons (Fsp3) is 0.0556. The molecule has 0 spiro atoms. The topological polar surface area (TPSA) is 12.9 Å². The largest absolute Gasteiger partial charge is 0.248 e. The van der Waals surface area contributed by atoms with E-state index in [2.05, 4.69) is 30.1 Å². The third-order valence-electron chi connectivity index (χ3n) is 3.18. The predicted octanol–water partition coefficient (Wildman–Crippen LogP) is 4.85. The van der Waals surface area contributed by atoms with Crippen molar-refractivity contribution in [3.63, 3.8) is 0 Å². The van der Waals surface area contributed by atoms with Gasteiger partial charge in [0.15, 0.2) is 0 Å². The van der Waals surface area contributed by atoms with Gasteiger partial charge in [0, 0.05) is 5.39 Å². The zero-order valence-corrected chi connectivity index (χ0v) is 11.2. The lowest BCUT2D eigenvalue weighted by atomic mass is 10.1. The minimum absolute atomic E-state index is 0.221. The normalized spacial score (nSPS) is 11.3. The van der Waals surface area contributed by atoms with Gasteiger partial charge in [-0.2, -0.15) is 0 Å². The summed E-state index contributed by atoms with van der Waals surface area (Å²) in [5.41, 5.74) is 4.06. The van der Waals surface area contributed by atoms with Crippen molar-refractivity contribution in [1.82, 2.24) is 4.98 Å². The summed E-state index contributed by atoms with van der Waals surface area (Å²) in [7, 11) is 0. The molecule has 98 valence electrons. The predicted molar refractivity (Wildman–Crippen MR) is 81.8 cm³/mol. The van der Waals surface area contributed by atoms with Crippen LogP contribution in [0.2, 0.25) is 0 Å². The summed E-state index contributed by atoms with van der Waals surface area (Å²) in [5.74, 6) is -0.221. The first-order valence-corrected chi connectivity index (χ1v) is 6.52. The Morgan fingerprint density at radius 2 is 1.70 bits per heavy atom. The summed E-state index contributed by atoms with van der Waals surface area (Å²) in [4.78, 5) is 4.59. The maximum absolute atomic E-state index is 12.8. The summed E-state index contributed by atoms with van der Waals surface area (Å²) in [5, 5.41) is 1.14. The SMILES string of the molecule is Cc1ccc2nc(C=Cc3ccc(F)cc3)ccc2c1. The van der Waals surface area contributed by atoms with Crippen LogP contribution in [0.5, 0.6) is 0 Å². The van der Waals surface area contributed by atoms with Crippen LogP contribution in [0, 0.1) is 12.7 Å². The number of halogens is 1. The van der Waals surface area contributed by atoms with Crippen molar-refractivity contribution in [3.8, 4) is 0 Å². The highest BCUT2D eigenvalue weighted by Crippen LogP contribution is 2.16. The Labute approximate surface area is 117 Å². The van der Waals surface area contributed by atoms with Crippen LogP contribution in [0.1, 0.15) is 16.8 Å². The second-order valence-electron chi connectivity index (χ2n) is 4.82. The standard InChI is InChI=1S/C18H14FN/c1-13-2-11-18-15(12-13)6-10-17(20-18)9-5-14-3-7-16(19)8-4-14/h2-12H,1H3. The molecular weight excluding hydrogens is 249 g/mol. The van der Waals surface area contributed by atoms with E-state index in [-0.39, 0.29) is 5.82 Å². The van der Waals surface area contributed by atoms with Gasteiger partial charge < -0.3 is 0 Å². The Morgan fingerprint density at radius 3 is 2.50 bits per heavy atom. The van der Waals surface area contributed by atoms with E-state index in [1.54, 1.807) is 12.1 Å². The van der Waals surface area contributed by atoms with Gasteiger partial charge in [-0.1, -0.05) is 35.9 Å². The van der Waals surface area contributed by atoms with Gasteiger partial charge in [0.1, 0.15) is 5.82 Å². The fourth-order valence-corrected chi connectivity index (χ4v) is 2.11. The second-order valence-corrected chi connectivity index (χ2v) is 4.82. The number of pyridine rings is 1. The highest BCUT2D eigenvalue weighted by atomic mass is 19.1. The number of aromatic nitrogens is 1. The van der Waals surface area contributed by atoms with E-state index in [1.807, 2.05) is 24.3 Å². The first kappa shape index (κ1) is 12.5. The first-order valence-electron chi connectivity index (χ1n) is 6.52. The van der Waals surface area contributed by atoms with E-state index in [4.69, 9.17) is 0 Å². The molecule has 0 fully saturated rings. The van der Waals surface area contributed by atoms with Crippen molar-refractivity contribution >= 4 is 23.1 Å². The molecule has 0 saturated heterocycles. The van der Waals surface area contributed by atoms with E-state index in [9.17, 15) is 4.39 Å². The summed E-state index contributed by atoms with van der Waals surface area (Å²) < 4.78 is 12.8. The molecule has 0 aliphatic carbocycles. The molecule has 0 aliphatic heterocycles. The molecule has 0 radical (unpaired) electrons. The van der Waals surface area contributed by atoms with Crippen molar-refractivity contribution < 1.29 is 4.39 Å². The van der Waals surface area contributed by atoms with Crippen molar-refractivity contribution in [2.45, 2.75) is 6.92 Å². The lowest BCUT2D eigenvalue weighted by Crippen LogP contribution is -1.84. The molecule has 0 aliphatic rings. The minimum atomic E-state index is -0.221. The molecule has 2 aromatic carbocycles. The van der Waals surface area contributed by atoms with E-state index < -0.39 is 0 Å². The third-order valence-corrected chi connectivity index (χ3v) is 3.18. The molecule has 3 rings (SSSR count). The van der Waals surface area contributed by atoms with Crippen LogP contribution in [-0.4, -0.2) is 4.98 Å². The van der Waals surface area contributed by atoms with Gasteiger partial charge in [-0.25, -0.2) is 9.37 Å². The average Bonchev–Trinajstić information content (AvgIpc) is 2.46. The van der Waals surface area contributed by atoms with Gasteiger partial charge >= 0.3 is 0 Å². The number of rotatable bonds is 2. The van der Waals surface area contributed by atoms with Gasteiger partial charge in [0.2, 0.25) is 0 Å². The molecule has 0 unspecified atom stereocenters. The van der Waals surface area contributed by atoms with Gasteiger partial charge in [-0.3, -0.25) is 0 Å². The van der Waals surface area contributed by atoms with Crippen LogP contribution in [0.25, 0.3) is 23.1 Å². The van der Waals surface area contributed by atoms with Gasteiger partial charge in [-0.05, 0) is 48.9 Å². The number of aryl methyl sites for hydroxylation is 1. The maximum atomic E-state index is 12.8. The number of benzene rings is 2. The molecular formula is C18H14FN. The highest BCUT2D eigenvalue weighted by molar-refractivity contribution is 5.81. The Bertz CT molecular complexity index is 773. The average molecular weight is 263 g/mol. The minimum Gasteiger partial charge on any atom is -0.248 e. The molecule has 1 aromatic heterocycles. The van der Waals surface area contributed by atoms with Gasteiger partial charge in [-0.15, -0.1) is 0 Å². The highest BCUT2D eigenvalue weighted by Gasteiger charge is 1.96. The maximum Gasteiger partial charge on any atom is 0.123 e. The molecule has 0 bridgehead atoms. The zero-order valence-electron chi connectivity index (χ0n) is 11.2. The smallest absolute Gasteiger partial charge is 0.123 e. The first-order chi connectivity index (χ1) is 9.70. The van der Waals surface area contributed by atoms with Crippen LogP contribution in [-0.2, 0) is 0 Å². The van der Waals surface area contributed by atoms with Crippen molar-refractivity contribution in [3.05, 3.63) is 77.2 Å². The van der Waals surface area contributed by atoms with Crippen LogP contribution in [0.4, 0.5) is 4.39 Å². The van der Waals surface area contributed by atoms with Crippen LogP contribution in [0.15, 0.2) is 54.6 Å². The number of hydrogen-bond donors (Lipinski definition) is 0. The molecule has 1 nitrogen and oxygen atoms in total. The van der Waals surface area contributed by atoms with Crippen LogP contribution >= 0.6 is 0 Å². The summed E-state index contributed by atoms with van der Waals surface area (Å²) >= 11 is 0. The lowest BCUT2D eigenvalue weighted by molar-refractivity contribution is 0.628. The molecule has 0 amide bonds.